The number of rotatable bonds is 13. The van der Waals surface area contributed by atoms with Crippen LogP contribution in [0.4, 0.5) is 0 Å². The molecule has 1 heterocycles. The maximum atomic E-state index is 12.0. The van der Waals surface area contributed by atoms with Gasteiger partial charge in [-0.3, -0.25) is 14.4 Å². The lowest BCUT2D eigenvalue weighted by atomic mass is 9.91. The minimum atomic E-state index is -1.31. The molecular weight excluding hydrogens is 538 g/mol. The molecule has 3 amide bonds. The number of hydrogen-bond donors (Lipinski definition) is 6. The van der Waals surface area contributed by atoms with E-state index in [1.54, 1.807) is 6.26 Å². The van der Waals surface area contributed by atoms with Crippen molar-refractivity contribution in [3.8, 4) is 5.75 Å². The normalized spacial score (nSPS) is 23.3. The second-order valence-corrected chi connectivity index (χ2v) is 10.7. The average molecular weight is 576 g/mol. The van der Waals surface area contributed by atoms with Crippen LogP contribution in [0.15, 0.2) is 42.5 Å². The van der Waals surface area contributed by atoms with Crippen molar-refractivity contribution in [3.05, 3.63) is 64.7 Å². The molecule has 0 aliphatic carbocycles. The Kier molecular flexibility index (Phi) is 11.3. The van der Waals surface area contributed by atoms with E-state index in [4.69, 9.17) is 20.9 Å². The Hall–Kier alpha value is -3.16. The van der Waals surface area contributed by atoms with E-state index < -0.39 is 53.6 Å². The van der Waals surface area contributed by atoms with Crippen LogP contribution in [-0.4, -0.2) is 75.7 Å². The van der Waals surface area contributed by atoms with Crippen LogP contribution in [-0.2, 0) is 25.5 Å². The highest BCUT2D eigenvalue weighted by atomic mass is 32.2. The topological polar surface area (TPSA) is 194 Å². The molecule has 2 aromatic carbocycles. The number of aryl methyl sites for hydroxylation is 1. The van der Waals surface area contributed by atoms with E-state index in [2.05, 4.69) is 5.32 Å². The van der Waals surface area contributed by atoms with Gasteiger partial charge in [0.2, 0.25) is 17.7 Å². The van der Waals surface area contributed by atoms with E-state index in [1.165, 1.54) is 11.8 Å². The van der Waals surface area contributed by atoms with Crippen LogP contribution >= 0.6 is 11.8 Å². The summed E-state index contributed by atoms with van der Waals surface area (Å²) in [7, 11) is 0. The summed E-state index contributed by atoms with van der Waals surface area (Å²) in [6.45, 7) is 2.26. The SMILES string of the molecule is CS[C@H]1O[C@@H](c2ccc(C)c(Cc3ccc(OCCCC(=O)N[C@@H](CC(N)=O)C(N)=O)cc3)c2)[C@H](O)[C@@H](O)[C@@H]1O. The zero-order chi connectivity index (χ0) is 29.4. The Balaban J connectivity index is 1.53. The van der Waals surface area contributed by atoms with Crippen molar-refractivity contribution < 1.29 is 39.2 Å². The first-order chi connectivity index (χ1) is 19.0. The molecule has 6 atom stereocenters. The summed E-state index contributed by atoms with van der Waals surface area (Å²) in [5.74, 6) is -1.36. The maximum Gasteiger partial charge on any atom is 0.240 e. The molecule has 0 aromatic heterocycles. The molecule has 0 saturated carbocycles. The molecule has 218 valence electrons. The number of aliphatic hydroxyl groups is 3. The lowest BCUT2D eigenvalue weighted by Crippen LogP contribution is -2.52. The van der Waals surface area contributed by atoms with Gasteiger partial charge in [-0.25, -0.2) is 0 Å². The molecule has 3 rings (SSSR count). The molecule has 0 bridgehead atoms. The predicted molar refractivity (Wildman–Crippen MR) is 149 cm³/mol. The molecule has 1 saturated heterocycles. The molecule has 0 radical (unpaired) electrons. The number of aliphatic hydroxyl groups excluding tert-OH is 3. The van der Waals surface area contributed by atoms with Gasteiger partial charge in [-0.05, 0) is 60.4 Å². The van der Waals surface area contributed by atoms with E-state index in [1.807, 2.05) is 49.4 Å². The highest BCUT2D eigenvalue weighted by molar-refractivity contribution is 7.99. The minimum Gasteiger partial charge on any atom is -0.494 e. The largest absolute Gasteiger partial charge is 0.494 e. The molecule has 11 nitrogen and oxygen atoms in total. The van der Waals surface area contributed by atoms with Crippen LogP contribution in [0.2, 0.25) is 0 Å². The second-order valence-electron chi connectivity index (χ2n) is 9.78. The first-order valence-corrected chi connectivity index (χ1v) is 14.2. The number of ether oxygens (including phenoxy) is 2. The monoisotopic (exact) mass is 575 g/mol. The first kappa shape index (κ1) is 31.4. The van der Waals surface area contributed by atoms with Crippen LogP contribution in [0.5, 0.6) is 5.75 Å². The number of primary amides is 2. The maximum absolute atomic E-state index is 12.0. The fraction of sp³-hybridized carbons (Fsp3) is 0.464. The van der Waals surface area contributed by atoms with Crippen molar-refractivity contribution in [2.75, 3.05) is 12.9 Å². The number of carbonyl (C=O) groups excluding carboxylic acids is 3. The summed E-state index contributed by atoms with van der Waals surface area (Å²) >= 11 is 1.28. The standard InChI is InChI=1S/C28H37N3O8S/c1-15-5-8-17(26-24(35)23(34)25(36)28(39-26)40-2)13-18(15)12-16-6-9-19(10-7-16)38-11-3-4-22(33)31-20(27(30)37)14-21(29)32/h5-10,13,20,23-26,28,34-36H,3-4,11-12,14H2,1-2H3,(H2,29,32)(H2,30,37)(H,31,33)/t20-,23+,24+,25-,26-,28+/m0/s1. The third-order valence-corrected chi connectivity index (χ3v) is 7.58. The summed E-state index contributed by atoms with van der Waals surface area (Å²) in [5, 5.41) is 33.4. The summed E-state index contributed by atoms with van der Waals surface area (Å²) in [6, 6.07) is 12.2. The number of nitrogens with one attached hydrogen (secondary N) is 1. The van der Waals surface area contributed by atoms with Crippen LogP contribution in [0.1, 0.15) is 47.6 Å². The van der Waals surface area contributed by atoms with Gasteiger partial charge in [0.1, 0.15) is 41.6 Å². The van der Waals surface area contributed by atoms with Crippen LogP contribution in [0.25, 0.3) is 0 Å². The lowest BCUT2D eigenvalue weighted by molar-refractivity contribution is -0.200. The number of benzene rings is 2. The molecular formula is C28H37N3O8S. The Labute approximate surface area is 237 Å². The van der Waals surface area contributed by atoms with Crippen molar-refractivity contribution >= 4 is 29.5 Å². The molecule has 8 N–H and O–H groups in total. The fourth-order valence-corrected chi connectivity index (χ4v) is 5.08. The van der Waals surface area contributed by atoms with Crippen molar-refractivity contribution in [2.45, 2.75) is 68.5 Å². The summed E-state index contributed by atoms with van der Waals surface area (Å²) in [6.07, 6.45) is -1.99. The minimum absolute atomic E-state index is 0.0866. The van der Waals surface area contributed by atoms with Crippen molar-refractivity contribution in [2.24, 2.45) is 11.5 Å². The molecule has 1 fully saturated rings. The van der Waals surface area contributed by atoms with Crippen LogP contribution in [0, 0.1) is 6.92 Å². The smallest absolute Gasteiger partial charge is 0.240 e. The van der Waals surface area contributed by atoms with Crippen molar-refractivity contribution in [1.29, 1.82) is 0 Å². The first-order valence-electron chi connectivity index (χ1n) is 12.9. The third-order valence-electron chi connectivity index (χ3n) is 6.72. The molecule has 1 aliphatic rings. The number of nitrogens with two attached hydrogens (primary N) is 2. The highest BCUT2D eigenvalue weighted by Gasteiger charge is 2.44. The number of thioether (sulfide) groups is 1. The van der Waals surface area contributed by atoms with Gasteiger partial charge in [0.25, 0.3) is 0 Å². The Morgan fingerprint density at radius 2 is 1.75 bits per heavy atom. The molecule has 1 aliphatic heterocycles. The van der Waals surface area contributed by atoms with Crippen molar-refractivity contribution in [3.63, 3.8) is 0 Å². The highest BCUT2D eigenvalue weighted by Crippen LogP contribution is 2.36. The van der Waals surface area contributed by atoms with Gasteiger partial charge in [0.15, 0.2) is 0 Å². The predicted octanol–water partition coefficient (Wildman–Crippen LogP) is 0.433. The zero-order valence-electron chi connectivity index (χ0n) is 22.5. The van der Waals surface area contributed by atoms with Gasteiger partial charge in [-0.2, -0.15) is 0 Å². The summed E-state index contributed by atoms with van der Waals surface area (Å²) in [5.41, 5.74) is 13.4. The van der Waals surface area contributed by atoms with Gasteiger partial charge in [-0.1, -0.05) is 30.3 Å². The molecule has 2 aromatic rings. The van der Waals surface area contributed by atoms with E-state index in [9.17, 15) is 29.7 Å². The Bertz CT molecular complexity index is 1180. The van der Waals surface area contributed by atoms with Gasteiger partial charge in [-0.15, -0.1) is 11.8 Å². The van der Waals surface area contributed by atoms with E-state index in [-0.39, 0.29) is 19.4 Å². The van der Waals surface area contributed by atoms with E-state index in [0.29, 0.717) is 18.6 Å². The second kappa shape index (κ2) is 14.5. The van der Waals surface area contributed by atoms with Gasteiger partial charge < -0.3 is 41.6 Å². The molecule has 0 unspecified atom stereocenters. The van der Waals surface area contributed by atoms with E-state index >= 15 is 0 Å². The molecule has 0 spiro atoms. The number of hydrogen-bond acceptors (Lipinski definition) is 9. The van der Waals surface area contributed by atoms with Crippen molar-refractivity contribution in [1.82, 2.24) is 5.32 Å². The van der Waals surface area contributed by atoms with E-state index in [0.717, 1.165) is 22.3 Å². The Morgan fingerprint density at radius 1 is 1.05 bits per heavy atom. The fourth-order valence-electron chi connectivity index (χ4n) is 4.41. The quantitative estimate of drug-likeness (QED) is 0.184. The number of amides is 3. The zero-order valence-corrected chi connectivity index (χ0v) is 23.3. The average Bonchev–Trinajstić information content (AvgIpc) is 2.91. The van der Waals surface area contributed by atoms with Crippen LogP contribution in [0.3, 0.4) is 0 Å². The third kappa shape index (κ3) is 8.42. The van der Waals surface area contributed by atoms with Crippen LogP contribution < -0.4 is 21.5 Å². The molecule has 12 heteroatoms. The number of carbonyl (C=O) groups is 3. The summed E-state index contributed by atoms with van der Waals surface area (Å²) < 4.78 is 11.6. The summed E-state index contributed by atoms with van der Waals surface area (Å²) in [4.78, 5) is 34.4. The Morgan fingerprint density at radius 3 is 2.38 bits per heavy atom. The van der Waals surface area contributed by atoms with Gasteiger partial charge in [0, 0.05) is 6.42 Å². The molecule has 40 heavy (non-hydrogen) atoms. The lowest BCUT2D eigenvalue weighted by Gasteiger charge is -2.40. The van der Waals surface area contributed by atoms with Gasteiger partial charge in [0.05, 0.1) is 13.0 Å². The van der Waals surface area contributed by atoms with Gasteiger partial charge >= 0.3 is 0 Å².